The van der Waals surface area contributed by atoms with Gasteiger partial charge >= 0.3 is 5.97 Å². The molecule has 124 valence electrons. The van der Waals surface area contributed by atoms with Gasteiger partial charge in [0.25, 0.3) is 0 Å². The minimum absolute atomic E-state index is 0.0165. The van der Waals surface area contributed by atoms with E-state index in [1.807, 2.05) is 6.08 Å². The highest BCUT2D eigenvalue weighted by atomic mass is 16.4. The zero-order valence-corrected chi connectivity index (χ0v) is 13.9. The SMILES string of the molecule is C=CC(C#CC#CC/C=C/CCCCCCCC(=O)O)C(C)=O. The van der Waals surface area contributed by atoms with Gasteiger partial charge in [-0.05, 0) is 38.0 Å². The number of carbonyl (C=O) groups excluding carboxylic acids is 1. The van der Waals surface area contributed by atoms with Crippen LogP contribution in [0.4, 0.5) is 0 Å². The Bertz CT molecular complexity index is 521. The van der Waals surface area contributed by atoms with E-state index in [2.05, 4.69) is 36.3 Å². The maximum atomic E-state index is 11.1. The largest absolute Gasteiger partial charge is 0.481 e. The average Bonchev–Trinajstić information content (AvgIpc) is 2.50. The van der Waals surface area contributed by atoms with Gasteiger partial charge in [-0.15, -0.1) is 6.58 Å². The van der Waals surface area contributed by atoms with Crippen LogP contribution in [0.2, 0.25) is 0 Å². The summed E-state index contributed by atoms with van der Waals surface area (Å²) in [6.45, 7) is 5.05. The summed E-state index contributed by atoms with van der Waals surface area (Å²) in [5.41, 5.74) is 0. The first-order valence-electron chi connectivity index (χ1n) is 8.06. The predicted molar refractivity (Wildman–Crippen MR) is 93.6 cm³/mol. The maximum absolute atomic E-state index is 11.1. The van der Waals surface area contributed by atoms with Crippen molar-refractivity contribution < 1.29 is 14.7 Å². The Morgan fingerprint density at radius 3 is 2.43 bits per heavy atom. The fourth-order valence-electron chi connectivity index (χ4n) is 1.86. The summed E-state index contributed by atoms with van der Waals surface area (Å²) in [7, 11) is 0. The Morgan fingerprint density at radius 2 is 1.78 bits per heavy atom. The summed E-state index contributed by atoms with van der Waals surface area (Å²) in [6.07, 6.45) is 12.7. The standard InChI is InChI=1S/C20H26O3/c1-3-19(18(2)21)16-14-12-10-8-6-4-5-7-9-11-13-15-17-20(22)23/h3-4,6,19H,1,5,7-9,11,13,15,17H2,2H3,(H,22,23)/b6-4+. The molecule has 0 rings (SSSR count). The number of ketones is 1. The third kappa shape index (κ3) is 14.4. The maximum Gasteiger partial charge on any atom is 0.303 e. The van der Waals surface area contributed by atoms with Crippen LogP contribution >= 0.6 is 0 Å². The normalized spacial score (nSPS) is 11.0. The van der Waals surface area contributed by atoms with Gasteiger partial charge in [0, 0.05) is 12.8 Å². The van der Waals surface area contributed by atoms with Gasteiger partial charge in [-0.1, -0.05) is 49.3 Å². The first-order valence-corrected chi connectivity index (χ1v) is 8.06. The molecule has 1 atom stereocenters. The van der Waals surface area contributed by atoms with Crippen molar-refractivity contribution in [2.24, 2.45) is 5.92 Å². The average molecular weight is 314 g/mol. The quantitative estimate of drug-likeness (QED) is 0.354. The van der Waals surface area contributed by atoms with E-state index in [-0.39, 0.29) is 12.2 Å². The molecule has 3 nitrogen and oxygen atoms in total. The van der Waals surface area contributed by atoms with Gasteiger partial charge in [-0.2, -0.15) is 0 Å². The second kappa shape index (κ2) is 14.7. The zero-order valence-electron chi connectivity index (χ0n) is 13.9. The highest BCUT2D eigenvalue weighted by Gasteiger charge is 2.03. The fraction of sp³-hybridized carbons (Fsp3) is 0.500. The fourth-order valence-corrected chi connectivity index (χ4v) is 1.86. The number of allylic oxidation sites excluding steroid dienone is 3. The Kier molecular flexibility index (Phi) is 13.2. The molecule has 0 fully saturated rings. The lowest BCUT2D eigenvalue weighted by molar-refractivity contribution is -0.137. The van der Waals surface area contributed by atoms with Crippen molar-refractivity contribution in [2.45, 2.75) is 58.3 Å². The third-order valence-corrected chi connectivity index (χ3v) is 3.20. The van der Waals surface area contributed by atoms with Gasteiger partial charge in [0.2, 0.25) is 0 Å². The summed E-state index contributed by atoms with van der Waals surface area (Å²) in [5.74, 6) is 9.94. The van der Waals surface area contributed by atoms with Gasteiger partial charge in [-0.25, -0.2) is 0 Å². The first-order chi connectivity index (χ1) is 11.1. The number of carboxylic acid groups (broad SMARTS) is 1. The van der Waals surface area contributed by atoms with E-state index < -0.39 is 11.9 Å². The summed E-state index contributed by atoms with van der Waals surface area (Å²) in [6, 6.07) is 0. The number of aliphatic carboxylic acids is 1. The zero-order chi connectivity index (χ0) is 17.3. The molecule has 0 spiro atoms. The van der Waals surface area contributed by atoms with Crippen molar-refractivity contribution >= 4 is 11.8 Å². The Morgan fingerprint density at radius 1 is 1.09 bits per heavy atom. The summed E-state index contributed by atoms with van der Waals surface area (Å²) < 4.78 is 0. The summed E-state index contributed by atoms with van der Waals surface area (Å²) >= 11 is 0. The smallest absolute Gasteiger partial charge is 0.303 e. The van der Waals surface area contributed by atoms with Gasteiger partial charge in [-0.3, -0.25) is 9.59 Å². The number of carbonyl (C=O) groups is 2. The van der Waals surface area contributed by atoms with E-state index in [1.54, 1.807) is 0 Å². The Labute approximate surface area is 139 Å². The molecule has 3 heteroatoms. The number of Topliss-reactive ketones (excluding diaryl/α,β-unsaturated/α-hetero) is 1. The van der Waals surface area contributed by atoms with Crippen molar-refractivity contribution in [3.8, 4) is 23.7 Å². The number of unbranched alkanes of at least 4 members (excludes halogenated alkanes) is 5. The van der Waals surface area contributed by atoms with Crippen LogP contribution in [-0.2, 0) is 9.59 Å². The Hall–Kier alpha value is -2.26. The molecule has 0 amide bonds. The van der Waals surface area contributed by atoms with Crippen molar-refractivity contribution in [1.82, 2.24) is 0 Å². The lowest BCUT2D eigenvalue weighted by atomic mass is 10.1. The molecule has 0 aliphatic heterocycles. The van der Waals surface area contributed by atoms with Crippen LogP contribution in [-0.4, -0.2) is 16.9 Å². The highest BCUT2D eigenvalue weighted by molar-refractivity contribution is 5.83. The van der Waals surface area contributed by atoms with E-state index in [9.17, 15) is 9.59 Å². The third-order valence-electron chi connectivity index (χ3n) is 3.20. The molecule has 23 heavy (non-hydrogen) atoms. The molecule has 0 heterocycles. The minimum atomic E-state index is -0.708. The van der Waals surface area contributed by atoms with Gasteiger partial charge in [0.15, 0.2) is 0 Å². The molecule has 0 aromatic heterocycles. The second-order valence-electron chi connectivity index (χ2n) is 5.27. The van der Waals surface area contributed by atoms with E-state index in [0.29, 0.717) is 6.42 Å². The lowest BCUT2D eigenvalue weighted by Gasteiger charge is -1.97. The van der Waals surface area contributed by atoms with Crippen LogP contribution < -0.4 is 0 Å². The molecule has 0 aromatic rings. The van der Waals surface area contributed by atoms with Crippen molar-refractivity contribution in [3.63, 3.8) is 0 Å². The Balaban J connectivity index is 3.64. The number of carboxylic acids is 1. The van der Waals surface area contributed by atoms with Crippen molar-refractivity contribution in [1.29, 1.82) is 0 Å². The molecular formula is C20H26O3. The molecule has 0 bridgehead atoms. The molecule has 1 unspecified atom stereocenters. The number of rotatable bonds is 11. The van der Waals surface area contributed by atoms with Crippen LogP contribution in [0.1, 0.15) is 58.3 Å². The van der Waals surface area contributed by atoms with Gasteiger partial charge in [0.1, 0.15) is 5.78 Å². The van der Waals surface area contributed by atoms with Gasteiger partial charge in [0.05, 0.1) is 5.92 Å². The van der Waals surface area contributed by atoms with Crippen LogP contribution in [0.5, 0.6) is 0 Å². The molecule has 1 N–H and O–H groups in total. The molecule has 0 aliphatic rings. The number of hydrogen-bond acceptors (Lipinski definition) is 2. The topological polar surface area (TPSA) is 54.4 Å². The monoisotopic (exact) mass is 314 g/mol. The lowest BCUT2D eigenvalue weighted by Crippen LogP contribution is -2.03. The predicted octanol–water partition coefficient (Wildman–Crippen LogP) is 4.15. The van der Waals surface area contributed by atoms with E-state index in [1.165, 1.54) is 13.0 Å². The highest BCUT2D eigenvalue weighted by Crippen LogP contribution is 2.07. The molecule has 0 saturated heterocycles. The molecule has 0 aromatic carbocycles. The number of hydrogen-bond donors (Lipinski definition) is 1. The van der Waals surface area contributed by atoms with Crippen LogP contribution in [0.15, 0.2) is 24.8 Å². The molecular weight excluding hydrogens is 288 g/mol. The van der Waals surface area contributed by atoms with Crippen LogP contribution in [0, 0.1) is 29.6 Å². The van der Waals surface area contributed by atoms with Crippen molar-refractivity contribution in [2.75, 3.05) is 0 Å². The van der Waals surface area contributed by atoms with E-state index in [4.69, 9.17) is 5.11 Å². The summed E-state index contributed by atoms with van der Waals surface area (Å²) in [4.78, 5) is 21.4. The first kappa shape index (κ1) is 20.7. The summed E-state index contributed by atoms with van der Waals surface area (Å²) in [5, 5.41) is 8.51. The second-order valence-corrected chi connectivity index (χ2v) is 5.27. The van der Waals surface area contributed by atoms with Crippen molar-refractivity contribution in [3.05, 3.63) is 24.8 Å². The van der Waals surface area contributed by atoms with Crippen LogP contribution in [0.25, 0.3) is 0 Å². The van der Waals surface area contributed by atoms with Gasteiger partial charge < -0.3 is 5.11 Å². The molecule has 0 aliphatic carbocycles. The van der Waals surface area contributed by atoms with E-state index in [0.717, 1.165) is 38.5 Å². The van der Waals surface area contributed by atoms with Crippen LogP contribution in [0.3, 0.4) is 0 Å². The molecule has 0 radical (unpaired) electrons. The minimum Gasteiger partial charge on any atom is -0.481 e. The van der Waals surface area contributed by atoms with E-state index >= 15 is 0 Å². The molecule has 0 saturated carbocycles.